The number of hydrogen-bond donors (Lipinski definition) is 0. The summed E-state index contributed by atoms with van der Waals surface area (Å²) in [5.41, 5.74) is 18.1. The highest BCUT2D eigenvalue weighted by Gasteiger charge is 2.16. The Balaban J connectivity index is 2.67. The minimum atomic E-state index is -0.510. The van der Waals surface area contributed by atoms with Gasteiger partial charge >= 0.3 is 0 Å². The Labute approximate surface area is 125 Å². The fourth-order valence-electron chi connectivity index (χ4n) is 1.85. The molecule has 0 bridgehead atoms. The van der Waals surface area contributed by atoms with Gasteiger partial charge < -0.3 is 0 Å². The third-order valence-corrected chi connectivity index (χ3v) is 2.81. The van der Waals surface area contributed by atoms with Gasteiger partial charge in [-0.15, -0.1) is 0 Å². The minimum Gasteiger partial charge on any atom is -0.289 e. The second-order valence-electron chi connectivity index (χ2n) is 4.14. The molecule has 0 aromatic heterocycles. The molecule has 0 N–H and O–H groups in total. The molecule has 2 aromatic carbocycles. The summed E-state index contributed by atoms with van der Waals surface area (Å²) in [5.74, 6) is -0.510. The Hall–Kier alpha value is -3.53. The fraction of sp³-hybridized carbons (Fsp3) is 0. The topological polar surface area (TPSA) is 115 Å². The van der Waals surface area contributed by atoms with Crippen molar-refractivity contribution in [2.24, 2.45) is 10.2 Å². The van der Waals surface area contributed by atoms with E-state index in [1.165, 1.54) is 0 Å². The normalized spacial score (nSPS) is 10.7. The van der Waals surface area contributed by atoms with Crippen LogP contribution in [0.15, 0.2) is 76.6 Å². The number of carbonyl (C=O) groups is 1. The van der Waals surface area contributed by atoms with E-state index in [0.29, 0.717) is 11.1 Å². The Kier molecular flexibility index (Phi) is 4.94. The van der Waals surface area contributed by atoms with Gasteiger partial charge in [-0.1, -0.05) is 70.9 Å². The molecule has 0 spiro atoms. The van der Waals surface area contributed by atoms with Crippen molar-refractivity contribution in [3.05, 3.63) is 98.4 Å². The SMILES string of the molecule is [N-]=[N+]=NC(C(=O)c1ccccc1)=C(N=[N+]=[N-])c1ccccc1. The van der Waals surface area contributed by atoms with Gasteiger partial charge in [-0.05, 0) is 16.6 Å². The van der Waals surface area contributed by atoms with E-state index in [1.54, 1.807) is 60.7 Å². The number of azide groups is 2. The molecule has 0 saturated heterocycles. The Bertz CT molecular complexity index is 800. The van der Waals surface area contributed by atoms with E-state index in [9.17, 15) is 4.79 Å². The first-order valence-corrected chi connectivity index (χ1v) is 6.27. The van der Waals surface area contributed by atoms with Gasteiger partial charge in [0.2, 0.25) is 0 Å². The molecular weight excluding hydrogens is 280 g/mol. The van der Waals surface area contributed by atoms with Gasteiger partial charge in [0, 0.05) is 15.4 Å². The average molecular weight is 290 g/mol. The van der Waals surface area contributed by atoms with E-state index in [4.69, 9.17) is 11.1 Å². The number of allylic oxidation sites excluding steroid dienone is 1. The lowest BCUT2D eigenvalue weighted by Gasteiger charge is -2.07. The summed E-state index contributed by atoms with van der Waals surface area (Å²) in [4.78, 5) is 17.9. The van der Waals surface area contributed by atoms with Crippen LogP contribution in [0.1, 0.15) is 15.9 Å². The Morgan fingerprint density at radius 1 is 0.773 bits per heavy atom. The lowest BCUT2D eigenvalue weighted by Crippen LogP contribution is -2.03. The molecule has 0 saturated carbocycles. The molecule has 0 amide bonds. The summed E-state index contributed by atoms with van der Waals surface area (Å²) in [6, 6.07) is 16.9. The first-order valence-electron chi connectivity index (χ1n) is 6.27. The number of Topliss-reactive ketones (excluding diaryl/α,β-unsaturated/α-hetero) is 1. The first-order chi connectivity index (χ1) is 10.8. The summed E-state index contributed by atoms with van der Waals surface area (Å²) >= 11 is 0. The predicted molar refractivity (Wildman–Crippen MR) is 82.4 cm³/mol. The Morgan fingerprint density at radius 2 is 1.27 bits per heavy atom. The second kappa shape index (κ2) is 7.31. The van der Waals surface area contributed by atoms with Gasteiger partial charge in [-0.3, -0.25) is 4.79 Å². The van der Waals surface area contributed by atoms with Crippen LogP contribution in [0.25, 0.3) is 26.6 Å². The summed E-state index contributed by atoms with van der Waals surface area (Å²) in [6.45, 7) is 0. The van der Waals surface area contributed by atoms with Crippen molar-refractivity contribution in [2.45, 2.75) is 0 Å². The number of ketones is 1. The molecule has 0 heterocycles. The van der Waals surface area contributed by atoms with Crippen LogP contribution in [0.4, 0.5) is 0 Å². The number of nitrogens with zero attached hydrogens (tertiary/aromatic N) is 6. The van der Waals surface area contributed by atoms with Crippen LogP contribution in [-0.4, -0.2) is 5.78 Å². The zero-order valence-electron chi connectivity index (χ0n) is 11.4. The van der Waals surface area contributed by atoms with E-state index >= 15 is 0 Å². The van der Waals surface area contributed by atoms with Gasteiger partial charge in [0.05, 0.1) is 11.4 Å². The number of benzene rings is 2. The van der Waals surface area contributed by atoms with Crippen molar-refractivity contribution in [3.63, 3.8) is 0 Å². The molecule has 0 unspecified atom stereocenters. The van der Waals surface area contributed by atoms with Crippen molar-refractivity contribution in [2.75, 3.05) is 0 Å². The molecule has 0 aliphatic carbocycles. The number of carbonyl (C=O) groups excluding carboxylic acids is 1. The predicted octanol–water partition coefficient (Wildman–Crippen LogP) is 4.86. The van der Waals surface area contributed by atoms with E-state index in [1.807, 2.05) is 0 Å². The maximum absolute atomic E-state index is 12.5. The average Bonchev–Trinajstić information content (AvgIpc) is 2.59. The summed E-state index contributed by atoms with van der Waals surface area (Å²) < 4.78 is 0. The zero-order valence-corrected chi connectivity index (χ0v) is 11.4. The maximum atomic E-state index is 12.5. The lowest BCUT2D eigenvalue weighted by atomic mass is 10.0. The molecule has 0 atom stereocenters. The van der Waals surface area contributed by atoms with Crippen LogP contribution in [0, 0.1) is 0 Å². The molecule has 0 aliphatic rings. The molecule has 2 aromatic rings. The smallest absolute Gasteiger partial charge is 0.195 e. The molecule has 106 valence electrons. The van der Waals surface area contributed by atoms with Crippen molar-refractivity contribution in [3.8, 4) is 0 Å². The highest BCUT2D eigenvalue weighted by Crippen LogP contribution is 2.24. The van der Waals surface area contributed by atoms with Crippen molar-refractivity contribution in [1.29, 1.82) is 0 Å². The van der Waals surface area contributed by atoms with Gasteiger partial charge in [0.15, 0.2) is 5.78 Å². The minimum absolute atomic E-state index is 0.00486. The van der Waals surface area contributed by atoms with Crippen LogP contribution >= 0.6 is 0 Å². The van der Waals surface area contributed by atoms with Gasteiger partial charge in [0.1, 0.15) is 0 Å². The third-order valence-electron chi connectivity index (χ3n) is 2.81. The fourth-order valence-corrected chi connectivity index (χ4v) is 1.85. The highest BCUT2D eigenvalue weighted by molar-refractivity contribution is 6.12. The van der Waals surface area contributed by atoms with Crippen LogP contribution in [0.2, 0.25) is 0 Å². The molecule has 0 fully saturated rings. The standard InChI is InChI=1S/C15H10N6O/c16-20-18-13(11-7-3-1-4-8-11)14(19-21-17)15(22)12-9-5-2-6-10-12/h1-10H. The third kappa shape index (κ3) is 3.32. The van der Waals surface area contributed by atoms with E-state index in [0.717, 1.165) is 0 Å². The number of rotatable bonds is 5. The largest absolute Gasteiger partial charge is 0.289 e. The number of hydrogen-bond acceptors (Lipinski definition) is 3. The summed E-state index contributed by atoms with van der Waals surface area (Å²) in [5, 5.41) is 6.98. The summed E-state index contributed by atoms with van der Waals surface area (Å²) in [7, 11) is 0. The molecule has 7 nitrogen and oxygen atoms in total. The highest BCUT2D eigenvalue weighted by atomic mass is 16.1. The van der Waals surface area contributed by atoms with Gasteiger partial charge in [-0.25, -0.2) is 0 Å². The van der Waals surface area contributed by atoms with E-state index < -0.39 is 5.78 Å². The molecule has 0 radical (unpaired) electrons. The molecule has 7 heteroatoms. The molecule has 2 rings (SSSR count). The molecule has 0 aliphatic heterocycles. The molecular formula is C15H10N6O. The van der Waals surface area contributed by atoms with E-state index in [2.05, 4.69) is 20.1 Å². The van der Waals surface area contributed by atoms with Crippen molar-refractivity contribution in [1.82, 2.24) is 0 Å². The van der Waals surface area contributed by atoms with Gasteiger partial charge in [0.25, 0.3) is 0 Å². The first kappa shape index (κ1) is 14.9. The van der Waals surface area contributed by atoms with Crippen molar-refractivity contribution < 1.29 is 4.79 Å². The van der Waals surface area contributed by atoms with Crippen LogP contribution in [0.3, 0.4) is 0 Å². The lowest BCUT2D eigenvalue weighted by molar-refractivity contribution is 0.103. The summed E-state index contributed by atoms with van der Waals surface area (Å²) in [6.07, 6.45) is 0. The maximum Gasteiger partial charge on any atom is 0.195 e. The van der Waals surface area contributed by atoms with Crippen molar-refractivity contribution >= 4 is 11.5 Å². The monoisotopic (exact) mass is 290 g/mol. The van der Waals surface area contributed by atoms with E-state index in [-0.39, 0.29) is 11.4 Å². The quantitative estimate of drug-likeness (QED) is 0.253. The van der Waals surface area contributed by atoms with Gasteiger partial charge in [-0.2, -0.15) is 0 Å². The van der Waals surface area contributed by atoms with Crippen LogP contribution in [0.5, 0.6) is 0 Å². The Morgan fingerprint density at radius 3 is 1.77 bits per heavy atom. The zero-order chi connectivity index (χ0) is 15.8. The molecule has 22 heavy (non-hydrogen) atoms. The van der Waals surface area contributed by atoms with Crippen LogP contribution in [-0.2, 0) is 0 Å². The second-order valence-corrected chi connectivity index (χ2v) is 4.14. The van der Waals surface area contributed by atoms with Crippen LogP contribution < -0.4 is 0 Å².